The molecule has 0 spiro atoms. The van der Waals surface area contributed by atoms with Gasteiger partial charge in [0.1, 0.15) is 0 Å². The molecule has 0 amide bonds. The number of halogens is 3. The molecule has 1 aromatic heterocycles. The molecule has 0 saturated carbocycles. The average molecular weight is 479 g/mol. The zero-order valence-corrected chi connectivity index (χ0v) is 18.3. The van der Waals surface area contributed by atoms with Crippen LogP contribution < -0.4 is 0 Å². The van der Waals surface area contributed by atoms with E-state index in [9.17, 15) is 26.4 Å². The van der Waals surface area contributed by atoms with E-state index in [0.717, 1.165) is 18.2 Å². The summed E-state index contributed by atoms with van der Waals surface area (Å²) < 4.78 is 68.7. The summed E-state index contributed by atoms with van der Waals surface area (Å²) in [5.74, 6) is -1.31. The number of carbonyl (C=O) groups is 1. The third-order valence-electron chi connectivity index (χ3n) is 5.45. The van der Waals surface area contributed by atoms with Gasteiger partial charge in [-0.05, 0) is 53.8 Å². The number of aromatic carboxylic acids is 1. The van der Waals surface area contributed by atoms with E-state index in [1.54, 1.807) is 31.2 Å². The lowest BCUT2D eigenvalue weighted by Gasteiger charge is -2.22. The smallest absolute Gasteiger partial charge is 0.416 e. The summed E-state index contributed by atoms with van der Waals surface area (Å²) in [5.41, 5.74) is 0.483. The second-order valence-electron chi connectivity index (χ2n) is 8.08. The number of alkyl halides is 3. The van der Waals surface area contributed by atoms with Crippen LogP contribution in [0.3, 0.4) is 0 Å². The molecule has 0 bridgehead atoms. The monoisotopic (exact) mass is 479 g/mol. The molecular formula is C22H20F3N3O4S. The predicted octanol–water partition coefficient (Wildman–Crippen LogP) is 3.97. The Morgan fingerprint density at radius 2 is 1.97 bits per heavy atom. The largest absolute Gasteiger partial charge is 0.478 e. The Morgan fingerprint density at radius 1 is 1.21 bits per heavy atom. The number of hydrogen-bond donors (Lipinski definition) is 1. The Hall–Kier alpha value is -3.18. The lowest BCUT2D eigenvalue weighted by Crippen LogP contribution is -2.32. The Morgan fingerprint density at radius 3 is 2.64 bits per heavy atom. The van der Waals surface area contributed by atoms with Crippen molar-refractivity contribution in [3.8, 4) is 5.69 Å². The lowest BCUT2D eigenvalue weighted by molar-refractivity contribution is -0.137. The highest BCUT2D eigenvalue weighted by Gasteiger charge is 2.36. The zero-order valence-electron chi connectivity index (χ0n) is 17.5. The molecule has 2 aromatic carbocycles. The number of hydrogen-bond acceptors (Lipinski definition) is 4. The minimum Gasteiger partial charge on any atom is -0.478 e. The molecule has 1 aliphatic heterocycles. The number of aromatic nitrogens is 2. The lowest BCUT2D eigenvalue weighted by atomic mass is 9.99. The second kappa shape index (κ2) is 8.31. The molecule has 7 nitrogen and oxygen atoms in total. The van der Waals surface area contributed by atoms with E-state index in [4.69, 9.17) is 5.11 Å². The van der Waals surface area contributed by atoms with Crippen LogP contribution in [0.5, 0.6) is 0 Å². The van der Waals surface area contributed by atoms with Gasteiger partial charge >= 0.3 is 12.1 Å². The van der Waals surface area contributed by atoms with Crippen LogP contribution in [-0.2, 0) is 29.2 Å². The molecular weight excluding hydrogens is 459 g/mol. The van der Waals surface area contributed by atoms with E-state index in [2.05, 4.69) is 5.10 Å². The number of fused-ring (bicyclic) bond motifs is 1. The van der Waals surface area contributed by atoms with Crippen molar-refractivity contribution in [2.24, 2.45) is 5.92 Å². The van der Waals surface area contributed by atoms with E-state index in [0.29, 0.717) is 11.3 Å². The van der Waals surface area contributed by atoms with Crippen LogP contribution in [0.4, 0.5) is 13.2 Å². The van der Waals surface area contributed by atoms with Crippen molar-refractivity contribution >= 4 is 16.0 Å². The topological polar surface area (TPSA) is 92.5 Å². The van der Waals surface area contributed by atoms with Gasteiger partial charge in [0.05, 0.1) is 27.9 Å². The summed E-state index contributed by atoms with van der Waals surface area (Å²) in [7, 11) is -4.03. The quantitative estimate of drug-likeness (QED) is 0.611. The van der Waals surface area contributed by atoms with Crippen molar-refractivity contribution in [1.82, 2.24) is 14.1 Å². The summed E-state index contributed by atoms with van der Waals surface area (Å²) in [6.45, 7) is 1.95. The third-order valence-corrected chi connectivity index (χ3v) is 7.36. The van der Waals surface area contributed by atoms with Crippen LogP contribution in [0, 0.1) is 5.92 Å². The highest BCUT2D eigenvalue weighted by Crippen LogP contribution is 2.35. The first-order valence-corrected chi connectivity index (χ1v) is 11.5. The third kappa shape index (κ3) is 4.64. The van der Waals surface area contributed by atoms with E-state index in [1.165, 1.54) is 21.4 Å². The number of carboxylic acids is 1. The molecule has 4 rings (SSSR count). The van der Waals surface area contributed by atoms with Gasteiger partial charge in [0.15, 0.2) is 0 Å². The molecule has 0 radical (unpaired) electrons. The zero-order chi connectivity index (χ0) is 24.0. The Balaban J connectivity index is 1.66. The molecule has 2 heterocycles. The van der Waals surface area contributed by atoms with Gasteiger partial charge in [-0.2, -0.15) is 22.6 Å². The minimum atomic E-state index is -4.55. The van der Waals surface area contributed by atoms with Gasteiger partial charge in [-0.3, -0.25) is 0 Å². The molecule has 0 fully saturated rings. The number of sulfonamides is 1. The summed E-state index contributed by atoms with van der Waals surface area (Å²) in [5, 5.41) is 13.1. The van der Waals surface area contributed by atoms with Crippen LogP contribution in [0.15, 0.2) is 59.8 Å². The molecule has 0 unspecified atom stereocenters. The fraction of sp³-hybridized carbons (Fsp3) is 0.273. The average Bonchev–Trinajstić information content (AvgIpc) is 3.20. The number of rotatable bonds is 4. The van der Waals surface area contributed by atoms with E-state index in [1.807, 2.05) is 0 Å². The van der Waals surface area contributed by atoms with Gasteiger partial charge in [-0.15, -0.1) is 0 Å². The first kappa shape index (κ1) is 23.0. The number of benzene rings is 2. The first-order chi connectivity index (χ1) is 15.4. The van der Waals surface area contributed by atoms with Crippen molar-refractivity contribution in [3.63, 3.8) is 0 Å². The highest BCUT2D eigenvalue weighted by molar-refractivity contribution is 7.89. The van der Waals surface area contributed by atoms with Crippen LogP contribution in [-0.4, -0.2) is 40.1 Å². The molecule has 174 valence electrons. The molecule has 1 N–H and O–H groups in total. The Labute approximate surface area is 188 Å². The summed E-state index contributed by atoms with van der Waals surface area (Å²) in [6.07, 6.45) is -1.79. The fourth-order valence-corrected chi connectivity index (χ4v) is 5.68. The fourth-order valence-electron chi connectivity index (χ4n) is 3.92. The molecule has 11 heteroatoms. The van der Waals surface area contributed by atoms with Gasteiger partial charge in [0.2, 0.25) is 10.0 Å². The molecule has 0 aliphatic carbocycles. The van der Waals surface area contributed by atoms with E-state index < -0.39 is 27.7 Å². The summed E-state index contributed by atoms with van der Waals surface area (Å²) in [6, 6.07) is 9.57. The first-order valence-electron chi connectivity index (χ1n) is 10.0. The highest BCUT2D eigenvalue weighted by atomic mass is 32.2. The van der Waals surface area contributed by atoms with E-state index in [-0.39, 0.29) is 41.5 Å². The Kier molecular flexibility index (Phi) is 5.79. The van der Waals surface area contributed by atoms with Crippen molar-refractivity contribution in [3.05, 3.63) is 77.1 Å². The van der Waals surface area contributed by atoms with Crippen molar-refractivity contribution < 1.29 is 31.5 Å². The SMILES string of the molecule is C[C@H]1Cc2cc(C(F)(F)F)ccc2S(=O)(=O)N(Cc2cccc(-n3cc(C(=O)O)cn3)c2)C1. The van der Waals surface area contributed by atoms with Crippen LogP contribution in [0.25, 0.3) is 5.69 Å². The maximum atomic E-state index is 13.3. The number of nitrogens with zero attached hydrogens (tertiary/aromatic N) is 3. The van der Waals surface area contributed by atoms with Gasteiger partial charge in [0, 0.05) is 19.3 Å². The van der Waals surface area contributed by atoms with Gasteiger partial charge in [0.25, 0.3) is 0 Å². The van der Waals surface area contributed by atoms with Gasteiger partial charge in [-0.1, -0.05) is 19.1 Å². The summed E-state index contributed by atoms with van der Waals surface area (Å²) >= 11 is 0. The van der Waals surface area contributed by atoms with Crippen LogP contribution >= 0.6 is 0 Å². The summed E-state index contributed by atoms with van der Waals surface area (Å²) in [4.78, 5) is 11.0. The Bertz CT molecular complexity index is 1320. The van der Waals surface area contributed by atoms with Crippen molar-refractivity contribution in [1.29, 1.82) is 0 Å². The molecule has 33 heavy (non-hydrogen) atoms. The van der Waals surface area contributed by atoms with Crippen LogP contribution in [0.1, 0.15) is 34.0 Å². The normalized spacial score (nSPS) is 18.5. The van der Waals surface area contributed by atoms with Crippen molar-refractivity contribution in [2.45, 2.75) is 31.0 Å². The molecule has 1 atom stereocenters. The standard InChI is InChI=1S/C22H20F3N3O4S/c1-14-7-16-9-18(22(23,24)25)5-6-20(16)33(31,32)27(11-14)12-15-3-2-4-19(8-15)28-13-17(10-26-28)21(29)30/h2-6,8-10,13-14H,7,11-12H2,1H3,(H,29,30)/t14-/m0/s1. The molecule has 1 aliphatic rings. The minimum absolute atomic E-state index is 0.00797. The van der Waals surface area contributed by atoms with Gasteiger partial charge in [-0.25, -0.2) is 17.9 Å². The van der Waals surface area contributed by atoms with Crippen molar-refractivity contribution in [2.75, 3.05) is 6.54 Å². The molecule has 0 saturated heterocycles. The predicted molar refractivity (Wildman–Crippen MR) is 112 cm³/mol. The van der Waals surface area contributed by atoms with E-state index >= 15 is 0 Å². The number of carboxylic acid groups (broad SMARTS) is 1. The van der Waals surface area contributed by atoms with Crippen LogP contribution in [0.2, 0.25) is 0 Å². The maximum Gasteiger partial charge on any atom is 0.416 e. The second-order valence-corrected chi connectivity index (χ2v) is 9.98. The molecule has 3 aromatic rings. The van der Waals surface area contributed by atoms with Gasteiger partial charge < -0.3 is 5.11 Å². The maximum absolute atomic E-state index is 13.3.